The van der Waals surface area contributed by atoms with Crippen molar-refractivity contribution < 1.29 is 0 Å². The fourth-order valence-corrected chi connectivity index (χ4v) is 8.84. The quantitative estimate of drug-likeness (QED) is 0.165. The highest BCUT2D eigenvalue weighted by molar-refractivity contribution is 6.08. The predicted octanol–water partition coefficient (Wildman–Crippen LogP) is 14.2. The number of nitrogens with zero attached hydrogens (tertiary/aromatic N) is 1. The fourth-order valence-electron chi connectivity index (χ4n) is 8.84. The molecular weight excluding hydrogens is 651 g/mol. The topological polar surface area (TPSA) is 4.93 Å². The number of para-hydroxylation sites is 1. The average Bonchev–Trinajstić information content (AvgIpc) is 3.64. The van der Waals surface area contributed by atoms with Gasteiger partial charge in [0.1, 0.15) is 0 Å². The summed E-state index contributed by atoms with van der Waals surface area (Å²) in [5.41, 5.74) is 13.7. The van der Waals surface area contributed by atoms with Crippen LogP contribution in [-0.4, -0.2) is 4.57 Å². The van der Waals surface area contributed by atoms with Crippen LogP contribution in [0.3, 0.4) is 0 Å². The zero-order valence-electron chi connectivity index (χ0n) is 32.2. The van der Waals surface area contributed by atoms with Crippen molar-refractivity contribution >= 4 is 33.0 Å². The molecule has 0 radical (unpaired) electrons. The van der Waals surface area contributed by atoms with Crippen LogP contribution >= 0.6 is 0 Å². The molecule has 2 atom stereocenters. The number of fused-ring (bicyclic) bond motifs is 5. The minimum Gasteiger partial charge on any atom is -0.334 e. The summed E-state index contributed by atoms with van der Waals surface area (Å²) in [5.74, 6) is 0.430. The Labute approximate surface area is 322 Å². The molecule has 4 aliphatic carbocycles. The fraction of sp³-hybridized carbons (Fsp3) is 0.208. The number of aromatic nitrogens is 1. The zero-order valence-corrected chi connectivity index (χ0v) is 32.2. The Bertz CT molecular complexity index is 2480. The van der Waals surface area contributed by atoms with Crippen LogP contribution in [-0.2, 0) is 11.0 Å². The first-order chi connectivity index (χ1) is 26.3. The largest absolute Gasteiger partial charge is 0.334 e. The molecule has 0 saturated heterocycles. The van der Waals surface area contributed by atoms with Gasteiger partial charge in [-0.25, -0.2) is 0 Å². The molecule has 0 bridgehead atoms. The van der Waals surface area contributed by atoms with Gasteiger partial charge in [0.05, 0.1) is 0 Å². The van der Waals surface area contributed by atoms with E-state index >= 15 is 0 Å². The van der Waals surface area contributed by atoms with Crippen LogP contribution in [0.5, 0.6) is 0 Å². The van der Waals surface area contributed by atoms with Crippen LogP contribution in [0.4, 0.5) is 0 Å². The summed E-state index contributed by atoms with van der Waals surface area (Å²) in [4.78, 5) is 0. The zero-order chi connectivity index (χ0) is 37.1. The number of aryl methyl sites for hydroxylation is 1. The first kappa shape index (κ1) is 35.4. The molecule has 0 saturated carbocycles. The number of allylic oxidation sites excluding steroid dienone is 18. The monoisotopic (exact) mass is 701 g/mol. The van der Waals surface area contributed by atoms with E-state index in [9.17, 15) is 0 Å². The summed E-state index contributed by atoms with van der Waals surface area (Å²) in [5, 5.41) is 2.77. The number of benzene rings is 4. The van der Waals surface area contributed by atoms with E-state index in [-0.39, 0.29) is 11.0 Å². The lowest BCUT2D eigenvalue weighted by atomic mass is 9.81. The number of hydrogen-bond acceptors (Lipinski definition) is 0. The number of rotatable bonds is 3. The standard InChI is InChI=1S/C32H31N.C21H20/c1-23-10-12-24(13-11-23)25-14-16-26(17-15-25)27-18-19-31-29(22-27)28-8-4-5-9-30(28)33(31)32(2)20-6-3-7-21-32;1-21(2)19-15-10-8-6-4-3-5-7-9-13-17(19)18-14-11-12-16-20(18)21/h3-6,8-16,18-19,22,26H,7,17,20-21H2,1-2H3;3-16H,1-2H3/b;4-3-,5-3?,6-4?,7-5-,8-6+,9-7?,10-8?,13-9+,15-10-,17-13?,19-15?. The van der Waals surface area contributed by atoms with Gasteiger partial charge in [0, 0.05) is 38.7 Å². The molecule has 4 aliphatic rings. The maximum absolute atomic E-state index is 2.62. The summed E-state index contributed by atoms with van der Waals surface area (Å²) in [7, 11) is 0. The lowest BCUT2D eigenvalue weighted by molar-refractivity contribution is 0.307. The molecule has 1 heteroatoms. The molecule has 4 aromatic carbocycles. The maximum atomic E-state index is 2.62. The van der Waals surface area contributed by atoms with E-state index in [1.807, 2.05) is 12.2 Å². The second-order valence-electron chi connectivity index (χ2n) is 15.9. The first-order valence-electron chi connectivity index (χ1n) is 19.7. The van der Waals surface area contributed by atoms with Gasteiger partial charge in [0.25, 0.3) is 0 Å². The molecule has 0 fully saturated rings. The van der Waals surface area contributed by atoms with Gasteiger partial charge in [-0.05, 0) is 96.7 Å². The van der Waals surface area contributed by atoms with Gasteiger partial charge in [0.15, 0.2) is 0 Å². The third kappa shape index (κ3) is 6.80. The summed E-state index contributed by atoms with van der Waals surface area (Å²) < 4.78 is 2.62. The van der Waals surface area contributed by atoms with E-state index in [1.165, 1.54) is 72.8 Å². The van der Waals surface area contributed by atoms with Crippen molar-refractivity contribution in [2.75, 3.05) is 0 Å². The molecule has 9 rings (SSSR count). The summed E-state index contributed by atoms with van der Waals surface area (Å²) in [6.07, 6.45) is 37.4. The van der Waals surface area contributed by atoms with Crippen molar-refractivity contribution in [2.24, 2.45) is 0 Å². The molecule has 268 valence electrons. The Hall–Kier alpha value is -5.66. The van der Waals surface area contributed by atoms with E-state index in [4.69, 9.17) is 0 Å². The lowest BCUT2D eigenvalue weighted by Crippen LogP contribution is -2.30. The highest BCUT2D eigenvalue weighted by Gasteiger charge is 2.35. The van der Waals surface area contributed by atoms with Crippen molar-refractivity contribution in [2.45, 2.75) is 70.3 Å². The molecule has 0 amide bonds. The van der Waals surface area contributed by atoms with E-state index in [1.54, 1.807) is 0 Å². The molecule has 1 nitrogen and oxygen atoms in total. The Morgan fingerprint density at radius 3 is 2.09 bits per heavy atom. The van der Waals surface area contributed by atoms with Crippen molar-refractivity contribution in [1.29, 1.82) is 0 Å². The predicted molar refractivity (Wildman–Crippen MR) is 234 cm³/mol. The lowest BCUT2D eigenvalue weighted by Gasteiger charge is -2.34. The van der Waals surface area contributed by atoms with Crippen molar-refractivity contribution in [3.05, 3.63) is 216 Å². The van der Waals surface area contributed by atoms with Crippen molar-refractivity contribution in [1.82, 2.24) is 4.57 Å². The first-order valence-corrected chi connectivity index (χ1v) is 19.7. The van der Waals surface area contributed by atoms with E-state index < -0.39 is 0 Å². The van der Waals surface area contributed by atoms with Gasteiger partial charge >= 0.3 is 0 Å². The second kappa shape index (κ2) is 15.0. The van der Waals surface area contributed by atoms with E-state index in [0.717, 1.165) is 19.3 Å². The highest BCUT2D eigenvalue weighted by atomic mass is 15.1. The molecule has 1 heterocycles. The Balaban J connectivity index is 0.000000170. The van der Waals surface area contributed by atoms with Crippen molar-refractivity contribution in [3.63, 3.8) is 0 Å². The van der Waals surface area contributed by atoms with Crippen LogP contribution in [0.15, 0.2) is 188 Å². The minimum atomic E-state index is 0.0459. The third-order valence-electron chi connectivity index (χ3n) is 11.9. The normalized spacial score (nSPS) is 24.3. The van der Waals surface area contributed by atoms with Crippen LogP contribution in [0.2, 0.25) is 0 Å². The molecule has 0 N–H and O–H groups in total. The Kier molecular flexibility index (Phi) is 9.82. The van der Waals surface area contributed by atoms with Gasteiger partial charge in [-0.1, -0.05) is 183 Å². The number of hydrogen-bond donors (Lipinski definition) is 0. The second-order valence-corrected chi connectivity index (χ2v) is 15.9. The van der Waals surface area contributed by atoms with Gasteiger partial charge in [-0.15, -0.1) is 0 Å². The molecular formula is C53H51N. The molecule has 0 aliphatic heterocycles. The smallest absolute Gasteiger partial charge is 0.0496 e. The Morgan fingerprint density at radius 1 is 0.648 bits per heavy atom. The highest BCUT2D eigenvalue weighted by Crippen LogP contribution is 2.47. The molecule has 2 unspecified atom stereocenters. The van der Waals surface area contributed by atoms with Crippen LogP contribution < -0.4 is 0 Å². The van der Waals surface area contributed by atoms with Crippen molar-refractivity contribution in [3.8, 4) is 0 Å². The van der Waals surface area contributed by atoms with E-state index in [2.05, 4.69) is 202 Å². The average molecular weight is 702 g/mol. The van der Waals surface area contributed by atoms with Crippen LogP contribution in [0.1, 0.15) is 80.2 Å². The van der Waals surface area contributed by atoms with Gasteiger partial charge in [0.2, 0.25) is 0 Å². The maximum Gasteiger partial charge on any atom is 0.0496 e. The summed E-state index contributed by atoms with van der Waals surface area (Å²) in [6, 6.07) is 33.7. The summed E-state index contributed by atoms with van der Waals surface area (Å²) >= 11 is 0. The Morgan fingerprint density at radius 2 is 1.35 bits per heavy atom. The molecule has 54 heavy (non-hydrogen) atoms. The van der Waals surface area contributed by atoms with Gasteiger partial charge in [-0.3, -0.25) is 0 Å². The van der Waals surface area contributed by atoms with Crippen LogP contribution in [0.25, 0.3) is 33.0 Å². The third-order valence-corrected chi connectivity index (χ3v) is 11.9. The van der Waals surface area contributed by atoms with Crippen LogP contribution in [0, 0.1) is 6.92 Å². The van der Waals surface area contributed by atoms with E-state index in [0.29, 0.717) is 5.92 Å². The molecule has 1 aromatic heterocycles. The molecule has 0 spiro atoms. The van der Waals surface area contributed by atoms with Gasteiger partial charge < -0.3 is 4.57 Å². The summed E-state index contributed by atoms with van der Waals surface area (Å²) in [6.45, 7) is 9.18. The van der Waals surface area contributed by atoms with Gasteiger partial charge in [-0.2, -0.15) is 0 Å². The SMILES string of the molecule is CC1(C)C2=C(/C=C/C=C\C=C/C=C/C=C\2)c2ccccc21.Cc1ccc(C2=CCC(c3ccc4c(c3)c3ccccc3n4C3(C)CC=CCC3)C=C2)cc1. The minimum absolute atomic E-state index is 0.0459. The molecule has 5 aromatic rings.